The van der Waals surface area contributed by atoms with Crippen LogP contribution in [0.15, 0.2) is 34.7 Å². The van der Waals surface area contributed by atoms with Crippen molar-refractivity contribution in [2.24, 2.45) is 11.1 Å². The number of rotatable bonds is 4. The summed E-state index contributed by atoms with van der Waals surface area (Å²) in [6.07, 6.45) is 3.02. The van der Waals surface area contributed by atoms with E-state index in [0.29, 0.717) is 57.0 Å². The predicted octanol–water partition coefficient (Wildman–Crippen LogP) is 1.91. The summed E-state index contributed by atoms with van der Waals surface area (Å²) in [6, 6.07) is 9.20. The topological polar surface area (TPSA) is 97.8 Å². The van der Waals surface area contributed by atoms with Crippen LogP contribution in [0.2, 0.25) is 0 Å². The van der Waals surface area contributed by atoms with E-state index in [1.54, 1.807) is 6.07 Å². The third-order valence-electron chi connectivity index (χ3n) is 5.99. The van der Waals surface area contributed by atoms with Crippen molar-refractivity contribution in [1.82, 2.24) is 10.2 Å². The number of ether oxygens (including phenoxy) is 1. The molecule has 28 heavy (non-hydrogen) atoms. The standard InChI is InChI=1S/C21H27N3O4/c22-14-21(7-10-27-11-8-21)20(26)24-9-3-5-16(13-24)23-19(25)18-12-15-4-1-2-6-17(15)28-18/h1-2,4,6,12,16H,3,5,7-11,13-14,22H2,(H,23,25). The zero-order valence-corrected chi connectivity index (χ0v) is 16.0. The number of nitrogens with zero attached hydrogens (tertiary/aromatic N) is 1. The highest BCUT2D eigenvalue weighted by Crippen LogP contribution is 2.32. The molecular formula is C21H27N3O4. The Hall–Kier alpha value is -2.38. The van der Waals surface area contributed by atoms with Crippen LogP contribution in [0.5, 0.6) is 0 Å². The number of hydrogen-bond donors (Lipinski definition) is 2. The molecule has 0 saturated carbocycles. The van der Waals surface area contributed by atoms with Gasteiger partial charge in [-0.1, -0.05) is 18.2 Å². The number of amides is 2. The molecule has 2 fully saturated rings. The molecule has 150 valence electrons. The van der Waals surface area contributed by atoms with Crippen LogP contribution >= 0.6 is 0 Å². The van der Waals surface area contributed by atoms with Gasteiger partial charge in [0.2, 0.25) is 5.91 Å². The van der Waals surface area contributed by atoms with Crippen LogP contribution in [0.25, 0.3) is 11.0 Å². The van der Waals surface area contributed by atoms with Crippen molar-refractivity contribution in [3.63, 3.8) is 0 Å². The van der Waals surface area contributed by atoms with Crippen LogP contribution in [-0.4, -0.2) is 55.6 Å². The molecule has 7 nitrogen and oxygen atoms in total. The molecule has 2 aliphatic heterocycles. The van der Waals surface area contributed by atoms with Crippen LogP contribution in [0.1, 0.15) is 36.2 Å². The molecule has 3 heterocycles. The van der Waals surface area contributed by atoms with Crippen molar-refractivity contribution in [2.75, 3.05) is 32.8 Å². The van der Waals surface area contributed by atoms with E-state index in [0.717, 1.165) is 18.2 Å². The summed E-state index contributed by atoms with van der Waals surface area (Å²) in [5.74, 6) is 0.156. The molecule has 0 radical (unpaired) electrons. The number of furan rings is 1. The van der Waals surface area contributed by atoms with Gasteiger partial charge in [-0.25, -0.2) is 0 Å². The lowest BCUT2D eigenvalue weighted by Gasteiger charge is -2.42. The van der Waals surface area contributed by atoms with Crippen molar-refractivity contribution in [3.05, 3.63) is 36.1 Å². The second kappa shape index (κ2) is 7.93. The first-order valence-corrected chi connectivity index (χ1v) is 9.98. The molecule has 7 heteroatoms. The third kappa shape index (κ3) is 3.64. The number of carbonyl (C=O) groups excluding carboxylic acids is 2. The van der Waals surface area contributed by atoms with E-state index < -0.39 is 5.41 Å². The van der Waals surface area contributed by atoms with Gasteiger partial charge in [0, 0.05) is 44.3 Å². The normalized spacial score (nSPS) is 22.2. The lowest BCUT2D eigenvalue weighted by atomic mass is 9.78. The Labute approximate surface area is 164 Å². The van der Waals surface area contributed by atoms with Crippen molar-refractivity contribution >= 4 is 22.8 Å². The van der Waals surface area contributed by atoms with Crippen molar-refractivity contribution in [2.45, 2.75) is 31.7 Å². The van der Waals surface area contributed by atoms with Crippen LogP contribution in [0.4, 0.5) is 0 Å². The number of nitrogens with two attached hydrogens (primary N) is 1. The number of fused-ring (bicyclic) bond motifs is 1. The summed E-state index contributed by atoms with van der Waals surface area (Å²) < 4.78 is 11.1. The largest absolute Gasteiger partial charge is 0.451 e. The molecule has 1 aromatic heterocycles. The molecule has 3 N–H and O–H groups in total. The number of carbonyl (C=O) groups is 2. The second-order valence-electron chi connectivity index (χ2n) is 7.81. The molecule has 2 amide bonds. The fourth-order valence-electron chi connectivity index (χ4n) is 4.23. The number of hydrogen-bond acceptors (Lipinski definition) is 5. The van der Waals surface area contributed by atoms with Gasteiger partial charge >= 0.3 is 0 Å². The maximum Gasteiger partial charge on any atom is 0.287 e. The Morgan fingerprint density at radius 1 is 1.25 bits per heavy atom. The first-order valence-electron chi connectivity index (χ1n) is 9.98. The average Bonchev–Trinajstić information content (AvgIpc) is 3.18. The predicted molar refractivity (Wildman–Crippen MR) is 105 cm³/mol. The second-order valence-corrected chi connectivity index (χ2v) is 7.81. The Morgan fingerprint density at radius 2 is 2.04 bits per heavy atom. The molecule has 0 bridgehead atoms. The van der Waals surface area contributed by atoms with Crippen molar-refractivity contribution in [3.8, 4) is 0 Å². The third-order valence-corrected chi connectivity index (χ3v) is 5.99. The van der Waals surface area contributed by atoms with Gasteiger partial charge in [-0.05, 0) is 37.8 Å². The number of likely N-dealkylation sites (tertiary alicyclic amines) is 1. The monoisotopic (exact) mass is 385 g/mol. The number of benzene rings is 1. The highest BCUT2D eigenvalue weighted by Gasteiger charge is 2.42. The van der Waals surface area contributed by atoms with Crippen LogP contribution < -0.4 is 11.1 Å². The molecule has 0 spiro atoms. The first-order chi connectivity index (χ1) is 13.6. The zero-order valence-electron chi connectivity index (χ0n) is 16.0. The lowest BCUT2D eigenvalue weighted by Crippen LogP contribution is -2.56. The van der Waals surface area contributed by atoms with Gasteiger partial charge in [0.15, 0.2) is 5.76 Å². The summed E-state index contributed by atoms with van der Waals surface area (Å²) >= 11 is 0. The van der Waals surface area contributed by atoms with Gasteiger partial charge in [-0.15, -0.1) is 0 Å². The van der Waals surface area contributed by atoms with E-state index in [9.17, 15) is 9.59 Å². The quantitative estimate of drug-likeness (QED) is 0.838. The van der Waals surface area contributed by atoms with Gasteiger partial charge in [0.25, 0.3) is 5.91 Å². The fourth-order valence-corrected chi connectivity index (χ4v) is 4.23. The Kier molecular flexibility index (Phi) is 5.37. The van der Waals surface area contributed by atoms with Gasteiger partial charge in [-0.3, -0.25) is 9.59 Å². The summed E-state index contributed by atoms with van der Waals surface area (Å²) in [4.78, 5) is 27.7. The number of para-hydroxylation sites is 1. The molecule has 1 aromatic carbocycles. The average molecular weight is 385 g/mol. The van der Waals surface area contributed by atoms with Crippen LogP contribution in [0.3, 0.4) is 0 Å². The van der Waals surface area contributed by atoms with Gasteiger partial charge in [-0.2, -0.15) is 0 Å². The van der Waals surface area contributed by atoms with Crippen molar-refractivity contribution < 1.29 is 18.7 Å². The highest BCUT2D eigenvalue weighted by atomic mass is 16.5. The SMILES string of the molecule is NCC1(C(=O)N2CCCC(NC(=O)c3cc4ccccc4o3)C2)CCOCC1. The number of piperidine rings is 1. The highest BCUT2D eigenvalue weighted by molar-refractivity contribution is 5.96. The minimum Gasteiger partial charge on any atom is -0.451 e. The van der Waals surface area contributed by atoms with E-state index >= 15 is 0 Å². The van der Waals surface area contributed by atoms with E-state index in [4.69, 9.17) is 14.9 Å². The molecule has 2 saturated heterocycles. The van der Waals surface area contributed by atoms with E-state index in [1.807, 2.05) is 29.2 Å². The van der Waals surface area contributed by atoms with Crippen molar-refractivity contribution in [1.29, 1.82) is 0 Å². The molecule has 4 rings (SSSR count). The summed E-state index contributed by atoms with van der Waals surface area (Å²) in [5.41, 5.74) is 6.16. The fraction of sp³-hybridized carbons (Fsp3) is 0.524. The van der Waals surface area contributed by atoms with E-state index in [1.165, 1.54) is 0 Å². The van der Waals surface area contributed by atoms with E-state index in [2.05, 4.69) is 5.32 Å². The van der Waals surface area contributed by atoms with Crippen LogP contribution in [0, 0.1) is 5.41 Å². The van der Waals surface area contributed by atoms with Gasteiger partial charge in [0.05, 0.1) is 5.41 Å². The molecular weight excluding hydrogens is 358 g/mol. The van der Waals surface area contributed by atoms with Gasteiger partial charge < -0.3 is 25.1 Å². The van der Waals surface area contributed by atoms with Gasteiger partial charge in [0.1, 0.15) is 5.58 Å². The molecule has 2 aliphatic rings. The summed E-state index contributed by atoms with van der Waals surface area (Å²) in [5, 5.41) is 3.93. The maximum atomic E-state index is 13.2. The summed E-state index contributed by atoms with van der Waals surface area (Å²) in [6.45, 7) is 2.69. The smallest absolute Gasteiger partial charge is 0.287 e. The van der Waals surface area contributed by atoms with E-state index in [-0.39, 0.29) is 17.9 Å². The molecule has 1 unspecified atom stereocenters. The first kappa shape index (κ1) is 19.0. The summed E-state index contributed by atoms with van der Waals surface area (Å²) in [7, 11) is 0. The minimum absolute atomic E-state index is 0.0897. The Bertz CT molecular complexity index is 823. The number of nitrogens with one attached hydrogen (secondary N) is 1. The Morgan fingerprint density at radius 3 is 2.79 bits per heavy atom. The molecule has 1 atom stereocenters. The Balaban J connectivity index is 1.42. The molecule has 2 aromatic rings. The maximum absolute atomic E-state index is 13.2. The lowest BCUT2D eigenvalue weighted by molar-refractivity contribution is -0.148. The zero-order chi connectivity index (χ0) is 19.6. The minimum atomic E-state index is -0.525. The van der Waals surface area contributed by atoms with Crippen LogP contribution in [-0.2, 0) is 9.53 Å². The molecule has 0 aliphatic carbocycles.